The Morgan fingerprint density at radius 3 is 2.12 bits per heavy atom. The van der Waals surface area contributed by atoms with Crippen LogP contribution in [0.5, 0.6) is 5.75 Å². The summed E-state index contributed by atoms with van der Waals surface area (Å²) in [6.45, 7) is 14.5. The van der Waals surface area contributed by atoms with Gasteiger partial charge in [0.2, 0.25) is 0 Å². The highest BCUT2D eigenvalue weighted by atomic mass is 32.2. The van der Waals surface area contributed by atoms with Crippen molar-refractivity contribution in [2.24, 2.45) is 5.41 Å². The van der Waals surface area contributed by atoms with Crippen molar-refractivity contribution < 1.29 is 4.74 Å². The van der Waals surface area contributed by atoms with E-state index in [4.69, 9.17) is 4.74 Å². The van der Waals surface area contributed by atoms with Gasteiger partial charge in [0, 0.05) is 21.6 Å². The van der Waals surface area contributed by atoms with Crippen LogP contribution in [0.2, 0.25) is 13.6 Å². The maximum atomic E-state index is 5.00. The Morgan fingerprint density at radius 2 is 1.47 bits per heavy atom. The van der Waals surface area contributed by atoms with Gasteiger partial charge < -0.3 is 9.64 Å². The first-order chi connectivity index (χ1) is 24.7. The van der Waals surface area contributed by atoms with Crippen LogP contribution in [0.3, 0.4) is 0 Å². The van der Waals surface area contributed by atoms with Crippen LogP contribution in [0.4, 0.5) is 5.69 Å². The minimum absolute atomic E-state index is 0.292. The van der Waals surface area contributed by atoms with E-state index in [1.54, 1.807) is 7.11 Å². The normalized spacial score (nSPS) is 20.1. The van der Waals surface area contributed by atoms with Crippen molar-refractivity contribution in [3.63, 3.8) is 0 Å². The average molecular weight is 708 g/mol. The molecule has 2 atom stereocenters. The second-order valence-electron chi connectivity index (χ2n) is 13.8. The second kappa shape index (κ2) is 18.7. The molecule has 0 N–H and O–H groups in total. The Hall–Kier alpha value is -3.73. The van der Waals surface area contributed by atoms with Gasteiger partial charge in [-0.1, -0.05) is 160 Å². The molecule has 2 nitrogen and oxygen atoms in total. The molecule has 0 aromatic heterocycles. The summed E-state index contributed by atoms with van der Waals surface area (Å²) in [6, 6.07) is 35.8. The molecule has 0 saturated carbocycles. The first-order valence-electron chi connectivity index (χ1n) is 18.1. The number of fused-ring (bicyclic) bond motifs is 2. The van der Waals surface area contributed by atoms with E-state index in [2.05, 4.69) is 138 Å². The van der Waals surface area contributed by atoms with Gasteiger partial charge in [0.1, 0.15) is 20.3 Å². The number of rotatable bonds is 7. The third kappa shape index (κ3) is 10.7. The van der Waals surface area contributed by atoms with Gasteiger partial charge in [0.15, 0.2) is 0 Å². The van der Waals surface area contributed by atoms with Crippen molar-refractivity contribution >= 4 is 54.7 Å². The summed E-state index contributed by atoms with van der Waals surface area (Å²) in [5, 5.41) is 1.84. The third-order valence-electron chi connectivity index (χ3n) is 9.36. The molecule has 0 amide bonds. The van der Waals surface area contributed by atoms with E-state index < -0.39 is 0 Å². The first kappa shape index (κ1) is 38.5. The number of methoxy groups -OCH3 is 1. The van der Waals surface area contributed by atoms with Gasteiger partial charge in [0.25, 0.3) is 0 Å². The molecule has 3 aliphatic rings. The van der Waals surface area contributed by atoms with Crippen molar-refractivity contribution in [1.82, 2.24) is 0 Å². The average Bonchev–Trinajstić information content (AvgIpc) is 3.67. The zero-order valence-electron chi connectivity index (χ0n) is 31.3. The minimum atomic E-state index is 0.292. The third-order valence-corrected chi connectivity index (χ3v) is 11.9. The smallest absolute Gasteiger partial charge is 0.148 e. The minimum Gasteiger partial charge on any atom is -0.497 e. The second-order valence-corrected chi connectivity index (χ2v) is 16.1. The maximum Gasteiger partial charge on any atom is 0.148 e. The van der Waals surface area contributed by atoms with Gasteiger partial charge in [-0.3, -0.25) is 0 Å². The van der Waals surface area contributed by atoms with Crippen LogP contribution in [0.1, 0.15) is 52.0 Å². The van der Waals surface area contributed by atoms with Crippen LogP contribution in [-0.2, 0) is 0 Å². The summed E-state index contributed by atoms with van der Waals surface area (Å²) in [7, 11) is 5.81. The summed E-state index contributed by atoms with van der Waals surface area (Å²) < 4.78 is 5.00. The van der Waals surface area contributed by atoms with Crippen LogP contribution >= 0.6 is 23.5 Å². The molecule has 1 aliphatic carbocycles. The van der Waals surface area contributed by atoms with Gasteiger partial charge in [-0.25, -0.2) is 0 Å². The lowest BCUT2D eigenvalue weighted by molar-refractivity contribution is 0.354. The molecule has 2 aliphatic heterocycles. The molecule has 0 fully saturated rings. The van der Waals surface area contributed by atoms with Crippen LogP contribution in [-0.4, -0.2) is 33.5 Å². The quantitative estimate of drug-likeness (QED) is 0.177. The Balaban J connectivity index is 0.000000228. The van der Waals surface area contributed by atoms with Gasteiger partial charge in [-0.15, -0.1) is 11.8 Å². The van der Waals surface area contributed by atoms with Crippen molar-refractivity contribution in [2.75, 3.05) is 18.6 Å². The lowest BCUT2D eigenvalue weighted by Crippen LogP contribution is -2.18. The predicted molar refractivity (Wildman–Crippen MR) is 228 cm³/mol. The summed E-state index contributed by atoms with van der Waals surface area (Å²) in [5.74, 6) is 1.48. The summed E-state index contributed by atoms with van der Waals surface area (Å²) in [6.07, 6.45) is 14.1. The number of benzene rings is 4. The van der Waals surface area contributed by atoms with Crippen molar-refractivity contribution in [1.29, 1.82) is 0 Å². The molecule has 0 saturated heterocycles. The Morgan fingerprint density at radius 1 is 0.824 bits per heavy atom. The molecule has 51 heavy (non-hydrogen) atoms. The molecule has 6 heteroatoms. The van der Waals surface area contributed by atoms with Gasteiger partial charge in [-0.05, 0) is 78.6 Å². The predicted octanol–water partition coefficient (Wildman–Crippen LogP) is 11.1. The van der Waals surface area contributed by atoms with Crippen LogP contribution in [0.25, 0.3) is 0 Å². The number of para-hydroxylation sites is 1. The molecule has 0 bridgehead atoms. The Kier molecular flexibility index (Phi) is 14.1. The molecule has 2 unspecified atom stereocenters. The van der Waals surface area contributed by atoms with E-state index in [1.165, 1.54) is 48.1 Å². The largest absolute Gasteiger partial charge is 0.497 e. The van der Waals surface area contributed by atoms with E-state index in [0.717, 1.165) is 25.1 Å². The number of hydrogen-bond acceptors (Lipinski definition) is 4. The van der Waals surface area contributed by atoms with E-state index in [-0.39, 0.29) is 0 Å². The van der Waals surface area contributed by atoms with Crippen LogP contribution < -0.4 is 20.6 Å². The molecule has 0 spiro atoms. The van der Waals surface area contributed by atoms with E-state index in [1.807, 2.05) is 79.6 Å². The highest BCUT2D eigenvalue weighted by Gasteiger charge is 2.30. The van der Waals surface area contributed by atoms with Gasteiger partial charge in [-0.2, -0.15) is 0 Å². The first-order valence-corrected chi connectivity index (χ1v) is 19.8. The van der Waals surface area contributed by atoms with E-state index in [9.17, 15) is 0 Å². The topological polar surface area (TPSA) is 12.5 Å². The highest BCUT2D eigenvalue weighted by Crippen LogP contribution is 2.48. The number of nitrogens with zero attached hydrogens (tertiary/aromatic N) is 1. The molecular weight excluding hydrogens is 656 g/mol. The molecule has 4 aromatic carbocycles. The van der Waals surface area contributed by atoms with Crippen LogP contribution in [0.15, 0.2) is 159 Å². The molecule has 2 radical (unpaired) electrons. The SMILES string of the molecule is CCN1/C(=C/C=C/C2=CC(=CC3Sc4ccccc4C3C)CC(C)(C)C2)Sc2ccccc21.C[B]c1ccc(OC)cc1.C[B]c1ccccc1. The number of ether oxygens (including phenoxy) is 1. The molecule has 260 valence electrons. The summed E-state index contributed by atoms with van der Waals surface area (Å²) in [4.78, 5) is 5.21. The highest BCUT2D eigenvalue weighted by molar-refractivity contribution is 8.03. The zero-order valence-corrected chi connectivity index (χ0v) is 32.9. The fraction of sp³-hybridized carbons (Fsp3) is 0.289. The van der Waals surface area contributed by atoms with Gasteiger partial charge in [0.05, 0.1) is 17.8 Å². The number of allylic oxidation sites excluding steroid dienone is 6. The van der Waals surface area contributed by atoms with Crippen molar-refractivity contribution in [3.8, 4) is 5.75 Å². The lowest BCUT2D eigenvalue weighted by Gasteiger charge is -2.31. The zero-order chi connectivity index (χ0) is 36.2. The number of hydrogen-bond donors (Lipinski definition) is 0. The number of thioether (sulfide) groups is 2. The lowest BCUT2D eigenvalue weighted by atomic mass is 9.73. The molecular formula is C45H51B2NOS2. The number of anilines is 1. The van der Waals surface area contributed by atoms with Crippen molar-refractivity contribution in [3.05, 3.63) is 155 Å². The molecule has 2 heterocycles. The maximum absolute atomic E-state index is 5.00. The fourth-order valence-corrected chi connectivity index (χ4v) is 9.27. The Bertz CT molecular complexity index is 1820. The summed E-state index contributed by atoms with van der Waals surface area (Å²) in [5.41, 5.74) is 8.57. The van der Waals surface area contributed by atoms with E-state index >= 15 is 0 Å². The summed E-state index contributed by atoms with van der Waals surface area (Å²) >= 11 is 3.90. The van der Waals surface area contributed by atoms with Crippen molar-refractivity contribution in [2.45, 2.75) is 75.1 Å². The standard InChI is InChI=1S/C30H33NS2.C8H10BO.C7H8B/c1-5-31-25-13-7-9-15-27(25)33-29(31)16-10-11-22-17-23(20-30(3,4)19-22)18-28-21(2)24-12-6-8-14-26(24)32-28;1-9-7-3-5-8(10-2)6-4-7;1-8-7-5-3-2-4-6-7/h6-18,21,28H,5,19-20H2,1-4H3;3-6H,1-2H3;2-6H,1H3/b11-10+,23-18?,29-16-;;. The molecule has 4 aromatic rings. The fourth-order valence-electron chi connectivity index (χ4n) is 6.70. The van der Waals surface area contributed by atoms with Crippen LogP contribution in [0, 0.1) is 5.41 Å². The monoisotopic (exact) mass is 707 g/mol. The molecule has 7 rings (SSSR count). The van der Waals surface area contributed by atoms with E-state index in [0.29, 0.717) is 16.6 Å². The Labute approximate surface area is 318 Å². The van der Waals surface area contributed by atoms with Gasteiger partial charge >= 0.3 is 0 Å².